The zero-order valence-corrected chi connectivity index (χ0v) is 9.43. The number of imidazole rings is 1. The first kappa shape index (κ1) is 11.9. The summed E-state index contributed by atoms with van der Waals surface area (Å²) in [5.41, 5.74) is 0. The van der Waals surface area contributed by atoms with E-state index in [2.05, 4.69) is 6.58 Å². The van der Waals surface area contributed by atoms with Crippen LogP contribution in [0.2, 0.25) is 0 Å². The Morgan fingerprint density at radius 3 is 2.53 bits per heavy atom. The quantitative estimate of drug-likeness (QED) is 0.502. The molecule has 1 aromatic rings. The van der Waals surface area contributed by atoms with Gasteiger partial charge >= 0.3 is 0 Å². The summed E-state index contributed by atoms with van der Waals surface area (Å²) in [7, 11) is 0. The molecule has 0 aliphatic carbocycles. The fourth-order valence-electron chi connectivity index (χ4n) is 1.32. The molecule has 0 aromatic carbocycles. The van der Waals surface area contributed by atoms with E-state index in [0.717, 1.165) is 0 Å². The normalized spacial score (nSPS) is 10.9. The highest BCUT2D eigenvalue weighted by Crippen LogP contribution is 1.95. The predicted molar refractivity (Wildman–Crippen MR) is 58.1 cm³/mol. The van der Waals surface area contributed by atoms with Crippen LogP contribution in [-0.4, -0.2) is 24.1 Å². The third-order valence-electron chi connectivity index (χ3n) is 1.99. The van der Waals surface area contributed by atoms with Crippen LogP contribution in [-0.2, 0) is 16.0 Å². The Morgan fingerprint density at radius 2 is 2.07 bits per heavy atom. The Labute approximate surface area is 90.7 Å². The van der Waals surface area contributed by atoms with E-state index >= 15 is 0 Å². The Bertz CT molecular complexity index is 291. The highest BCUT2D eigenvalue weighted by Gasteiger charge is 2.12. The maximum absolute atomic E-state index is 5.45. The fourth-order valence-corrected chi connectivity index (χ4v) is 1.32. The lowest BCUT2D eigenvalue weighted by Gasteiger charge is -2.14. The van der Waals surface area contributed by atoms with Gasteiger partial charge < -0.3 is 9.47 Å². The largest absolute Gasteiger partial charge is 0.349 e. The molecule has 0 atom stereocenters. The minimum atomic E-state index is -0.175. The molecular formula is C11H19N2O2+. The second-order valence-corrected chi connectivity index (χ2v) is 3.08. The summed E-state index contributed by atoms with van der Waals surface area (Å²) in [5.74, 6) is 0. The molecule has 0 N–H and O–H groups in total. The van der Waals surface area contributed by atoms with Crippen LogP contribution in [0.3, 0.4) is 0 Å². The Hall–Kier alpha value is -1.13. The van der Waals surface area contributed by atoms with E-state index in [9.17, 15) is 0 Å². The first-order chi connectivity index (χ1) is 7.30. The van der Waals surface area contributed by atoms with Crippen LogP contribution in [0.4, 0.5) is 0 Å². The van der Waals surface area contributed by atoms with E-state index in [4.69, 9.17) is 9.47 Å². The minimum Gasteiger partial charge on any atom is -0.349 e. The molecule has 0 saturated heterocycles. The van der Waals surface area contributed by atoms with Crippen molar-refractivity contribution in [1.82, 2.24) is 4.57 Å². The standard InChI is InChI=1S/C11H19N2O2/c1-4-12-7-8-13(10-12)9-11(14-5-2)15-6-3/h4,7-8,10-11H,1,5-6,9H2,2-3H3/q+1. The van der Waals surface area contributed by atoms with Crippen LogP contribution >= 0.6 is 0 Å². The van der Waals surface area contributed by atoms with Crippen molar-refractivity contribution in [3.8, 4) is 0 Å². The summed E-state index contributed by atoms with van der Waals surface area (Å²) in [6.07, 6.45) is 7.41. The Balaban J connectivity index is 2.52. The van der Waals surface area contributed by atoms with Gasteiger partial charge in [0, 0.05) is 13.2 Å². The van der Waals surface area contributed by atoms with Gasteiger partial charge in [0.1, 0.15) is 18.9 Å². The summed E-state index contributed by atoms with van der Waals surface area (Å²) < 4.78 is 14.8. The second kappa shape index (κ2) is 6.37. The molecule has 1 heterocycles. The smallest absolute Gasteiger partial charge is 0.248 e. The number of hydrogen-bond acceptors (Lipinski definition) is 2. The van der Waals surface area contributed by atoms with E-state index in [0.29, 0.717) is 19.8 Å². The number of rotatable bonds is 7. The SMILES string of the molecule is C=Cn1cc[n+](CC(OCC)OCC)c1. The van der Waals surface area contributed by atoms with Crippen molar-refractivity contribution in [1.29, 1.82) is 0 Å². The topological polar surface area (TPSA) is 27.3 Å². The summed E-state index contributed by atoms with van der Waals surface area (Å²) in [6, 6.07) is 0. The molecule has 1 aromatic heterocycles. The molecule has 4 heteroatoms. The summed E-state index contributed by atoms with van der Waals surface area (Å²) in [4.78, 5) is 0. The third kappa shape index (κ3) is 3.85. The van der Waals surface area contributed by atoms with Crippen LogP contribution in [0, 0.1) is 0 Å². The summed E-state index contributed by atoms with van der Waals surface area (Å²) >= 11 is 0. The van der Waals surface area contributed by atoms with Crippen LogP contribution in [0.15, 0.2) is 25.3 Å². The number of nitrogens with zero attached hydrogens (tertiary/aromatic N) is 2. The van der Waals surface area contributed by atoms with Crippen LogP contribution < -0.4 is 4.57 Å². The third-order valence-corrected chi connectivity index (χ3v) is 1.99. The van der Waals surface area contributed by atoms with Gasteiger partial charge in [-0.15, -0.1) is 0 Å². The van der Waals surface area contributed by atoms with Crippen molar-refractivity contribution in [2.75, 3.05) is 13.2 Å². The van der Waals surface area contributed by atoms with E-state index in [1.165, 1.54) is 0 Å². The van der Waals surface area contributed by atoms with Gasteiger partial charge in [0.2, 0.25) is 6.33 Å². The molecule has 0 unspecified atom stereocenters. The van der Waals surface area contributed by atoms with Gasteiger partial charge in [-0.3, -0.25) is 0 Å². The van der Waals surface area contributed by atoms with E-state index in [1.807, 2.05) is 41.7 Å². The van der Waals surface area contributed by atoms with Gasteiger partial charge in [-0.1, -0.05) is 6.58 Å². The summed E-state index contributed by atoms with van der Waals surface area (Å²) in [5, 5.41) is 0. The Morgan fingerprint density at radius 1 is 1.40 bits per heavy atom. The first-order valence-corrected chi connectivity index (χ1v) is 5.22. The zero-order valence-electron chi connectivity index (χ0n) is 9.43. The van der Waals surface area contributed by atoms with Gasteiger partial charge in [-0.05, 0) is 13.8 Å². The van der Waals surface area contributed by atoms with Crippen molar-refractivity contribution in [2.24, 2.45) is 0 Å². The van der Waals surface area contributed by atoms with Crippen molar-refractivity contribution in [2.45, 2.75) is 26.7 Å². The van der Waals surface area contributed by atoms with Gasteiger partial charge in [0.25, 0.3) is 0 Å². The predicted octanol–water partition coefficient (Wildman–Crippen LogP) is 1.28. The summed E-state index contributed by atoms with van der Waals surface area (Å²) in [6.45, 7) is 9.63. The Kier molecular flexibility index (Phi) is 5.07. The zero-order chi connectivity index (χ0) is 11.1. The van der Waals surface area contributed by atoms with Crippen LogP contribution in [0.25, 0.3) is 6.20 Å². The van der Waals surface area contributed by atoms with Gasteiger partial charge in [0.05, 0.1) is 6.20 Å². The maximum Gasteiger partial charge on any atom is 0.248 e. The molecule has 1 rings (SSSR count). The first-order valence-electron chi connectivity index (χ1n) is 5.22. The molecule has 0 spiro atoms. The van der Waals surface area contributed by atoms with Gasteiger partial charge in [0.15, 0.2) is 6.29 Å². The monoisotopic (exact) mass is 211 g/mol. The van der Waals surface area contributed by atoms with E-state index in [-0.39, 0.29) is 6.29 Å². The molecule has 0 bridgehead atoms. The molecule has 0 aliphatic rings. The molecule has 0 saturated carbocycles. The average Bonchev–Trinajstić information content (AvgIpc) is 2.66. The molecule has 0 radical (unpaired) electrons. The minimum absolute atomic E-state index is 0.175. The molecule has 15 heavy (non-hydrogen) atoms. The fraction of sp³-hybridized carbons (Fsp3) is 0.545. The maximum atomic E-state index is 5.45. The van der Waals surface area contributed by atoms with E-state index in [1.54, 1.807) is 6.20 Å². The van der Waals surface area contributed by atoms with Gasteiger partial charge in [-0.2, -0.15) is 0 Å². The highest BCUT2D eigenvalue weighted by atomic mass is 16.7. The van der Waals surface area contributed by atoms with Crippen LogP contribution in [0.1, 0.15) is 13.8 Å². The van der Waals surface area contributed by atoms with Crippen molar-refractivity contribution in [3.63, 3.8) is 0 Å². The number of hydrogen-bond donors (Lipinski definition) is 0. The van der Waals surface area contributed by atoms with Gasteiger partial charge in [-0.25, -0.2) is 9.13 Å². The van der Waals surface area contributed by atoms with Crippen LogP contribution in [0.5, 0.6) is 0 Å². The molecule has 4 nitrogen and oxygen atoms in total. The van der Waals surface area contributed by atoms with Crippen molar-refractivity contribution >= 4 is 6.20 Å². The average molecular weight is 211 g/mol. The van der Waals surface area contributed by atoms with E-state index < -0.39 is 0 Å². The lowest BCUT2D eigenvalue weighted by molar-refractivity contribution is -0.710. The second-order valence-electron chi connectivity index (χ2n) is 3.08. The lowest BCUT2D eigenvalue weighted by atomic mass is 10.6. The highest BCUT2D eigenvalue weighted by molar-refractivity contribution is 5.12. The molecule has 84 valence electrons. The lowest BCUT2D eigenvalue weighted by Crippen LogP contribution is -2.40. The molecular weight excluding hydrogens is 192 g/mol. The number of aromatic nitrogens is 2. The molecule has 0 amide bonds. The van der Waals surface area contributed by atoms with Crippen molar-refractivity contribution < 1.29 is 14.0 Å². The number of ether oxygens (including phenoxy) is 2. The molecule has 0 aliphatic heterocycles. The van der Waals surface area contributed by atoms with Crippen molar-refractivity contribution in [3.05, 3.63) is 25.3 Å². The molecule has 0 fully saturated rings.